The molecule has 0 spiro atoms. The summed E-state index contributed by atoms with van der Waals surface area (Å²) in [5.41, 5.74) is -0.121. The van der Waals surface area contributed by atoms with Crippen molar-refractivity contribution in [3.8, 4) is 0 Å². The number of aromatic amines is 1. The van der Waals surface area contributed by atoms with Gasteiger partial charge in [-0.25, -0.2) is 0 Å². The van der Waals surface area contributed by atoms with Crippen LogP contribution in [0.4, 0.5) is 0 Å². The van der Waals surface area contributed by atoms with E-state index in [1.807, 2.05) is 6.92 Å². The first-order valence-corrected chi connectivity index (χ1v) is 4.05. The maximum absolute atomic E-state index is 10.9. The fourth-order valence-electron chi connectivity index (χ4n) is 0.687. The molecule has 0 radical (unpaired) electrons. The van der Waals surface area contributed by atoms with E-state index in [9.17, 15) is 4.79 Å². The van der Waals surface area contributed by atoms with E-state index in [1.54, 1.807) is 6.92 Å². The van der Waals surface area contributed by atoms with Gasteiger partial charge in [-0.1, -0.05) is 6.92 Å². The number of H-pyrrole nitrogens is 1. The van der Waals surface area contributed by atoms with Crippen LogP contribution in [0, 0.1) is 6.92 Å². The summed E-state index contributed by atoms with van der Waals surface area (Å²) in [5, 5.41) is 2.27. The molecule has 0 aliphatic heterocycles. The standard InChI is InChI=1S/C6H9NO2S/c1-3-10-5-4(2)9-7-6(5)8/h3H2,1-2H3,(H,7,8). The summed E-state index contributed by atoms with van der Waals surface area (Å²) in [6.45, 7) is 3.77. The van der Waals surface area contributed by atoms with Gasteiger partial charge >= 0.3 is 0 Å². The number of aromatic nitrogens is 1. The Bertz CT molecular complexity index is 263. The first-order valence-electron chi connectivity index (χ1n) is 3.06. The van der Waals surface area contributed by atoms with E-state index in [-0.39, 0.29) is 5.56 Å². The van der Waals surface area contributed by atoms with Crippen LogP contribution in [-0.4, -0.2) is 10.9 Å². The van der Waals surface area contributed by atoms with Gasteiger partial charge < -0.3 is 4.52 Å². The Morgan fingerprint density at radius 3 is 2.80 bits per heavy atom. The van der Waals surface area contributed by atoms with Crippen molar-refractivity contribution < 1.29 is 4.52 Å². The van der Waals surface area contributed by atoms with Crippen molar-refractivity contribution in [2.45, 2.75) is 18.7 Å². The number of aryl methyl sites for hydroxylation is 1. The summed E-state index contributed by atoms with van der Waals surface area (Å²) in [6.07, 6.45) is 0. The fourth-order valence-corrected chi connectivity index (χ4v) is 1.39. The minimum atomic E-state index is -0.121. The van der Waals surface area contributed by atoms with Gasteiger partial charge in [0.2, 0.25) is 0 Å². The highest BCUT2D eigenvalue weighted by Crippen LogP contribution is 2.16. The first kappa shape index (κ1) is 7.47. The van der Waals surface area contributed by atoms with E-state index in [4.69, 9.17) is 4.52 Å². The molecule has 0 unspecified atom stereocenters. The lowest BCUT2D eigenvalue weighted by molar-refractivity contribution is 0.390. The van der Waals surface area contributed by atoms with Crippen LogP contribution in [0.1, 0.15) is 12.7 Å². The van der Waals surface area contributed by atoms with Gasteiger partial charge in [0.25, 0.3) is 5.56 Å². The Morgan fingerprint density at radius 2 is 2.40 bits per heavy atom. The Labute approximate surface area is 62.8 Å². The molecule has 0 amide bonds. The average Bonchev–Trinajstić information content (AvgIpc) is 2.20. The minimum absolute atomic E-state index is 0.121. The number of thioether (sulfide) groups is 1. The number of rotatable bonds is 2. The van der Waals surface area contributed by atoms with E-state index >= 15 is 0 Å². The third kappa shape index (κ3) is 1.26. The van der Waals surface area contributed by atoms with Gasteiger partial charge in [-0.05, 0) is 12.7 Å². The molecule has 1 rings (SSSR count). The summed E-state index contributed by atoms with van der Waals surface area (Å²) in [6, 6.07) is 0. The lowest BCUT2D eigenvalue weighted by atomic mass is 10.5. The maximum Gasteiger partial charge on any atom is 0.293 e. The summed E-state index contributed by atoms with van der Waals surface area (Å²) in [7, 11) is 0. The highest BCUT2D eigenvalue weighted by molar-refractivity contribution is 7.99. The molecule has 3 nitrogen and oxygen atoms in total. The lowest BCUT2D eigenvalue weighted by Gasteiger charge is -1.88. The van der Waals surface area contributed by atoms with Gasteiger partial charge in [0, 0.05) is 0 Å². The van der Waals surface area contributed by atoms with Crippen molar-refractivity contribution >= 4 is 11.8 Å². The molecular formula is C6H9NO2S. The van der Waals surface area contributed by atoms with Crippen LogP contribution in [-0.2, 0) is 0 Å². The molecule has 10 heavy (non-hydrogen) atoms. The predicted molar refractivity (Wildman–Crippen MR) is 40.5 cm³/mol. The second-order valence-electron chi connectivity index (χ2n) is 1.85. The van der Waals surface area contributed by atoms with Crippen LogP contribution >= 0.6 is 11.8 Å². The molecule has 0 bridgehead atoms. The van der Waals surface area contributed by atoms with E-state index in [0.717, 1.165) is 5.75 Å². The zero-order valence-corrected chi connectivity index (χ0v) is 6.75. The third-order valence-electron chi connectivity index (χ3n) is 1.11. The van der Waals surface area contributed by atoms with Crippen LogP contribution in [0.3, 0.4) is 0 Å². The second-order valence-corrected chi connectivity index (χ2v) is 3.13. The molecule has 0 saturated heterocycles. The average molecular weight is 159 g/mol. The van der Waals surface area contributed by atoms with Gasteiger partial charge in [-0.2, -0.15) is 5.16 Å². The molecule has 56 valence electrons. The summed E-state index contributed by atoms with van der Waals surface area (Å²) < 4.78 is 4.79. The van der Waals surface area contributed by atoms with Crippen molar-refractivity contribution in [3.05, 3.63) is 16.1 Å². The quantitative estimate of drug-likeness (QED) is 0.663. The largest absolute Gasteiger partial charge is 0.383 e. The molecule has 0 aliphatic rings. The lowest BCUT2D eigenvalue weighted by Crippen LogP contribution is -1.99. The number of hydrogen-bond acceptors (Lipinski definition) is 3. The van der Waals surface area contributed by atoms with Crippen molar-refractivity contribution in [2.75, 3.05) is 5.75 Å². The summed E-state index contributed by atoms with van der Waals surface area (Å²) in [5.74, 6) is 1.57. The van der Waals surface area contributed by atoms with Crippen molar-refractivity contribution in [3.63, 3.8) is 0 Å². The van der Waals surface area contributed by atoms with Crippen LogP contribution in [0.2, 0.25) is 0 Å². The molecule has 0 fully saturated rings. The molecular weight excluding hydrogens is 150 g/mol. The van der Waals surface area contributed by atoms with E-state index < -0.39 is 0 Å². The fraction of sp³-hybridized carbons (Fsp3) is 0.500. The molecule has 1 N–H and O–H groups in total. The highest BCUT2D eigenvalue weighted by Gasteiger charge is 2.06. The molecule has 0 atom stereocenters. The predicted octanol–water partition coefficient (Wildman–Crippen LogP) is 1.39. The van der Waals surface area contributed by atoms with Crippen LogP contribution < -0.4 is 5.56 Å². The Hall–Kier alpha value is -0.640. The van der Waals surface area contributed by atoms with Crippen LogP contribution in [0.25, 0.3) is 0 Å². The molecule has 1 heterocycles. The molecule has 0 saturated carbocycles. The summed E-state index contributed by atoms with van der Waals surface area (Å²) in [4.78, 5) is 11.6. The van der Waals surface area contributed by atoms with Gasteiger partial charge in [0.15, 0.2) is 0 Å². The van der Waals surface area contributed by atoms with Crippen LogP contribution in [0.5, 0.6) is 0 Å². The normalized spacial score (nSPS) is 10.2. The second kappa shape index (κ2) is 2.96. The Morgan fingerprint density at radius 1 is 1.70 bits per heavy atom. The van der Waals surface area contributed by atoms with Crippen molar-refractivity contribution in [1.29, 1.82) is 0 Å². The van der Waals surface area contributed by atoms with Gasteiger partial charge in [-0.15, -0.1) is 11.8 Å². The van der Waals surface area contributed by atoms with Gasteiger partial charge in [-0.3, -0.25) is 4.79 Å². The third-order valence-corrected chi connectivity index (χ3v) is 2.16. The Kier molecular flexibility index (Phi) is 2.21. The first-order chi connectivity index (χ1) is 4.75. The monoisotopic (exact) mass is 159 g/mol. The molecule has 0 aliphatic carbocycles. The molecule has 1 aromatic heterocycles. The highest BCUT2D eigenvalue weighted by atomic mass is 32.2. The van der Waals surface area contributed by atoms with E-state index in [0.29, 0.717) is 10.7 Å². The topological polar surface area (TPSA) is 46.0 Å². The number of nitrogens with one attached hydrogen (secondary N) is 1. The van der Waals surface area contributed by atoms with E-state index in [1.165, 1.54) is 11.8 Å². The van der Waals surface area contributed by atoms with Crippen LogP contribution in [0.15, 0.2) is 14.2 Å². The SMILES string of the molecule is CCSc1c(C)o[nH]c1=O. The maximum atomic E-state index is 10.9. The zero-order chi connectivity index (χ0) is 7.56. The molecule has 1 aromatic rings. The molecule has 4 heteroatoms. The van der Waals surface area contributed by atoms with Gasteiger partial charge in [0.1, 0.15) is 10.7 Å². The smallest absolute Gasteiger partial charge is 0.293 e. The van der Waals surface area contributed by atoms with Crippen molar-refractivity contribution in [2.24, 2.45) is 0 Å². The summed E-state index contributed by atoms with van der Waals surface area (Å²) >= 11 is 1.50. The van der Waals surface area contributed by atoms with Crippen molar-refractivity contribution in [1.82, 2.24) is 5.16 Å². The van der Waals surface area contributed by atoms with E-state index in [2.05, 4.69) is 5.16 Å². The number of hydrogen-bond donors (Lipinski definition) is 1. The van der Waals surface area contributed by atoms with Gasteiger partial charge in [0.05, 0.1) is 0 Å². The Balaban J connectivity index is 2.99. The minimum Gasteiger partial charge on any atom is -0.383 e. The molecule has 0 aromatic carbocycles. The zero-order valence-electron chi connectivity index (χ0n) is 5.93.